The Balaban J connectivity index is 2.09. The number of ether oxygens (including phenoxy) is 3. The van der Waals surface area contributed by atoms with Crippen LogP contribution in [-0.2, 0) is 14.3 Å². The van der Waals surface area contributed by atoms with Crippen LogP contribution in [0.25, 0.3) is 0 Å². The molecule has 0 saturated carbocycles. The highest BCUT2D eigenvalue weighted by atomic mass is 16.6. The summed E-state index contributed by atoms with van der Waals surface area (Å²) in [5.74, 6) is -2.16. The molecule has 2 unspecified atom stereocenters. The first-order valence-electron chi connectivity index (χ1n) is 7.85. The Hall–Kier alpha value is -3.35. The molecule has 0 aliphatic carbocycles. The number of fused-ring (bicyclic) bond motifs is 1. The minimum Gasteiger partial charge on any atom is -0.507 e. The van der Waals surface area contributed by atoms with Crippen LogP contribution in [0.3, 0.4) is 0 Å². The van der Waals surface area contributed by atoms with Crippen molar-refractivity contribution >= 4 is 17.7 Å². The van der Waals surface area contributed by atoms with E-state index in [0.29, 0.717) is 5.56 Å². The van der Waals surface area contributed by atoms with Crippen molar-refractivity contribution in [3.63, 3.8) is 0 Å². The highest BCUT2D eigenvalue weighted by Gasteiger charge is 2.42. The molecule has 1 aliphatic rings. The Labute approximate surface area is 149 Å². The van der Waals surface area contributed by atoms with Crippen molar-refractivity contribution in [2.24, 2.45) is 0 Å². The molecule has 1 heterocycles. The molecule has 0 bridgehead atoms. The van der Waals surface area contributed by atoms with Crippen LogP contribution in [0.15, 0.2) is 42.5 Å². The maximum atomic E-state index is 12.9. The summed E-state index contributed by atoms with van der Waals surface area (Å²) in [6, 6.07) is 11.3. The topological polar surface area (TPSA) is 99.1 Å². The average molecular weight is 356 g/mol. The van der Waals surface area contributed by atoms with E-state index >= 15 is 0 Å². The third kappa shape index (κ3) is 3.37. The molecule has 2 aromatic rings. The molecular weight excluding hydrogens is 340 g/mol. The molecule has 7 nitrogen and oxygen atoms in total. The molecule has 0 amide bonds. The van der Waals surface area contributed by atoms with Gasteiger partial charge in [0, 0.05) is 26.0 Å². The van der Waals surface area contributed by atoms with Crippen LogP contribution < -0.4 is 9.47 Å². The molecule has 26 heavy (non-hydrogen) atoms. The van der Waals surface area contributed by atoms with E-state index in [9.17, 15) is 19.5 Å². The molecule has 0 radical (unpaired) electrons. The standard InChI is InChI=1S/C19H16O7/c1-10(20)24-13-8-14(22)16-15(9-13)26-18(12-6-4-3-5-7-12)19(17(16)23)25-11(2)21/h3-9,18-19,22H,1-2H3. The zero-order valence-corrected chi connectivity index (χ0v) is 14.1. The molecule has 134 valence electrons. The lowest BCUT2D eigenvalue weighted by Gasteiger charge is -2.32. The number of carbonyl (C=O) groups is 3. The largest absolute Gasteiger partial charge is 0.507 e. The first kappa shape index (κ1) is 17.5. The van der Waals surface area contributed by atoms with E-state index in [1.54, 1.807) is 30.3 Å². The van der Waals surface area contributed by atoms with Crippen LogP contribution >= 0.6 is 0 Å². The highest BCUT2D eigenvalue weighted by molar-refractivity contribution is 6.06. The van der Waals surface area contributed by atoms with Gasteiger partial charge in [0.05, 0.1) is 0 Å². The second-order valence-corrected chi connectivity index (χ2v) is 5.75. The molecule has 1 N–H and O–H groups in total. The fraction of sp³-hybridized carbons (Fsp3) is 0.211. The fourth-order valence-corrected chi connectivity index (χ4v) is 2.80. The van der Waals surface area contributed by atoms with Gasteiger partial charge in [-0.3, -0.25) is 14.4 Å². The number of carbonyl (C=O) groups excluding carboxylic acids is 3. The molecule has 1 aliphatic heterocycles. The molecular formula is C19H16O7. The van der Waals surface area contributed by atoms with E-state index in [1.807, 2.05) is 0 Å². The van der Waals surface area contributed by atoms with Crippen molar-refractivity contribution in [1.29, 1.82) is 0 Å². The summed E-state index contributed by atoms with van der Waals surface area (Å²) in [5, 5.41) is 10.2. The van der Waals surface area contributed by atoms with E-state index in [2.05, 4.69) is 0 Å². The van der Waals surface area contributed by atoms with Crippen LogP contribution in [-0.4, -0.2) is 28.9 Å². The van der Waals surface area contributed by atoms with Crippen molar-refractivity contribution < 1.29 is 33.7 Å². The van der Waals surface area contributed by atoms with E-state index in [-0.39, 0.29) is 17.1 Å². The zero-order valence-electron chi connectivity index (χ0n) is 14.1. The molecule has 0 saturated heterocycles. The van der Waals surface area contributed by atoms with Gasteiger partial charge in [0.25, 0.3) is 0 Å². The Morgan fingerprint density at radius 1 is 1.08 bits per heavy atom. The van der Waals surface area contributed by atoms with Gasteiger partial charge in [-0.05, 0) is 5.56 Å². The maximum Gasteiger partial charge on any atom is 0.308 e. The summed E-state index contributed by atoms with van der Waals surface area (Å²) in [4.78, 5) is 35.5. The van der Waals surface area contributed by atoms with Gasteiger partial charge in [-0.15, -0.1) is 0 Å². The van der Waals surface area contributed by atoms with Gasteiger partial charge in [0.15, 0.2) is 6.10 Å². The lowest BCUT2D eigenvalue weighted by Crippen LogP contribution is -2.39. The van der Waals surface area contributed by atoms with E-state index < -0.39 is 35.7 Å². The fourth-order valence-electron chi connectivity index (χ4n) is 2.80. The SMILES string of the molecule is CC(=O)Oc1cc(O)c2c(c1)OC(c1ccccc1)C(OC(C)=O)C2=O. The van der Waals surface area contributed by atoms with Crippen LogP contribution in [0.4, 0.5) is 0 Å². The Morgan fingerprint density at radius 2 is 1.77 bits per heavy atom. The number of Topliss-reactive ketones (excluding diaryl/α,β-unsaturated/α-hetero) is 1. The van der Waals surface area contributed by atoms with Crippen molar-refractivity contribution in [3.8, 4) is 17.2 Å². The lowest BCUT2D eigenvalue weighted by atomic mass is 9.92. The quantitative estimate of drug-likeness (QED) is 0.666. The minimum atomic E-state index is -1.24. The summed E-state index contributed by atoms with van der Waals surface area (Å²) in [6.45, 7) is 2.40. The van der Waals surface area contributed by atoms with Crippen molar-refractivity contribution in [2.45, 2.75) is 26.1 Å². The third-order valence-corrected chi connectivity index (χ3v) is 3.77. The average Bonchev–Trinajstić information content (AvgIpc) is 2.56. The summed E-state index contributed by atoms with van der Waals surface area (Å²) in [7, 11) is 0. The highest BCUT2D eigenvalue weighted by Crippen LogP contribution is 2.43. The number of phenolic OH excluding ortho intramolecular Hbond substituents is 1. The van der Waals surface area contributed by atoms with E-state index in [4.69, 9.17) is 14.2 Å². The smallest absolute Gasteiger partial charge is 0.308 e. The number of phenols is 1. The maximum absolute atomic E-state index is 12.9. The number of benzene rings is 2. The first-order valence-corrected chi connectivity index (χ1v) is 7.85. The van der Waals surface area contributed by atoms with Crippen molar-refractivity contribution in [2.75, 3.05) is 0 Å². The molecule has 2 aromatic carbocycles. The van der Waals surface area contributed by atoms with Crippen LogP contribution in [0.2, 0.25) is 0 Å². The minimum absolute atomic E-state index is 0.0410. The van der Waals surface area contributed by atoms with Gasteiger partial charge in [-0.25, -0.2) is 0 Å². The second kappa shape index (κ2) is 6.87. The van der Waals surface area contributed by atoms with Gasteiger partial charge in [0.2, 0.25) is 11.9 Å². The Kier molecular flexibility index (Phi) is 4.62. The van der Waals surface area contributed by atoms with Gasteiger partial charge in [-0.1, -0.05) is 30.3 Å². The van der Waals surface area contributed by atoms with Gasteiger partial charge >= 0.3 is 11.9 Å². The van der Waals surface area contributed by atoms with Gasteiger partial charge < -0.3 is 19.3 Å². The van der Waals surface area contributed by atoms with Gasteiger partial charge in [-0.2, -0.15) is 0 Å². The number of rotatable bonds is 3. The second-order valence-electron chi connectivity index (χ2n) is 5.75. The van der Waals surface area contributed by atoms with Crippen molar-refractivity contribution in [1.82, 2.24) is 0 Å². The number of hydrogen-bond donors (Lipinski definition) is 1. The van der Waals surface area contributed by atoms with E-state index in [0.717, 1.165) is 6.07 Å². The third-order valence-electron chi connectivity index (χ3n) is 3.77. The van der Waals surface area contributed by atoms with Crippen LogP contribution in [0.5, 0.6) is 17.2 Å². The molecule has 0 spiro atoms. The normalized spacial score (nSPS) is 18.5. The number of aromatic hydroxyl groups is 1. The molecule has 3 rings (SSSR count). The predicted octanol–water partition coefficient (Wildman–Crippen LogP) is 2.57. The molecule has 0 aromatic heterocycles. The Bertz CT molecular complexity index is 873. The summed E-state index contributed by atoms with van der Waals surface area (Å²) >= 11 is 0. The summed E-state index contributed by atoms with van der Waals surface area (Å²) in [5.41, 5.74) is 0.495. The molecule has 2 atom stereocenters. The number of esters is 2. The number of hydrogen-bond acceptors (Lipinski definition) is 7. The van der Waals surface area contributed by atoms with Gasteiger partial charge in [0.1, 0.15) is 22.8 Å². The predicted molar refractivity (Wildman–Crippen MR) is 89.1 cm³/mol. The Morgan fingerprint density at radius 3 is 2.38 bits per heavy atom. The van der Waals surface area contributed by atoms with Crippen LogP contribution in [0, 0.1) is 0 Å². The first-order chi connectivity index (χ1) is 12.4. The molecule has 0 fully saturated rings. The zero-order chi connectivity index (χ0) is 18.8. The molecule has 7 heteroatoms. The lowest BCUT2D eigenvalue weighted by molar-refractivity contribution is -0.149. The van der Waals surface area contributed by atoms with E-state index in [1.165, 1.54) is 19.9 Å². The monoisotopic (exact) mass is 356 g/mol. The summed E-state index contributed by atoms with van der Waals surface area (Å²) < 4.78 is 16.0. The van der Waals surface area contributed by atoms with Crippen LogP contribution in [0.1, 0.15) is 35.9 Å². The van der Waals surface area contributed by atoms with Crippen molar-refractivity contribution in [3.05, 3.63) is 53.6 Å². The number of ketones is 1. The summed E-state index contributed by atoms with van der Waals surface area (Å²) in [6.07, 6.45) is -2.14.